The summed E-state index contributed by atoms with van der Waals surface area (Å²) in [5.74, 6) is 0.666. The van der Waals surface area contributed by atoms with Crippen molar-refractivity contribution in [2.45, 2.75) is 18.9 Å². The monoisotopic (exact) mass is 373 g/mol. The number of aromatic hydroxyl groups is 1. The summed E-state index contributed by atoms with van der Waals surface area (Å²) in [4.78, 5) is 18.9. The molecule has 1 amide bonds. The van der Waals surface area contributed by atoms with Crippen LogP contribution in [-0.2, 0) is 0 Å². The fraction of sp³-hybridized carbons (Fsp3) is 0.227. The zero-order valence-electron chi connectivity index (χ0n) is 15.2. The van der Waals surface area contributed by atoms with Crippen LogP contribution in [0.5, 0.6) is 11.5 Å². The van der Waals surface area contributed by atoms with Gasteiger partial charge in [0.2, 0.25) is 0 Å². The van der Waals surface area contributed by atoms with E-state index in [2.05, 4.69) is 11.1 Å². The predicted octanol–water partition coefficient (Wildman–Crippen LogP) is 3.50. The van der Waals surface area contributed by atoms with Crippen molar-refractivity contribution in [1.29, 1.82) is 5.26 Å². The van der Waals surface area contributed by atoms with Crippen molar-refractivity contribution in [1.82, 2.24) is 9.88 Å². The molecule has 0 aliphatic carbocycles. The molecule has 2 heterocycles. The van der Waals surface area contributed by atoms with E-state index in [4.69, 9.17) is 10.00 Å². The molecule has 4 rings (SSSR count). The van der Waals surface area contributed by atoms with Crippen molar-refractivity contribution >= 4 is 16.8 Å². The second-order valence-electron chi connectivity index (χ2n) is 6.79. The smallest absolute Gasteiger partial charge is 0.272 e. The molecule has 1 fully saturated rings. The molecule has 1 N–H and O–H groups in total. The number of para-hydroxylation sites is 1. The summed E-state index contributed by atoms with van der Waals surface area (Å²) in [6, 6.07) is 17.8. The molecule has 1 aromatic heterocycles. The van der Waals surface area contributed by atoms with E-state index in [1.54, 1.807) is 53.4 Å². The molecule has 140 valence electrons. The maximum absolute atomic E-state index is 12.8. The molecule has 0 unspecified atom stereocenters. The number of piperidine rings is 1. The lowest BCUT2D eigenvalue weighted by atomic mass is 10.1. The third kappa shape index (κ3) is 3.60. The number of nitriles is 1. The molecule has 0 atom stereocenters. The second-order valence-corrected chi connectivity index (χ2v) is 6.79. The van der Waals surface area contributed by atoms with Crippen molar-refractivity contribution in [2.75, 3.05) is 13.1 Å². The Hall–Kier alpha value is -3.59. The molecular formula is C22H19N3O3. The van der Waals surface area contributed by atoms with Crippen LogP contribution >= 0.6 is 0 Å². The van der Waals surface area contributed by atoms with Crippen LogP contribution in [0.2, 0.25) is 0 Å². The molecule has 28 heavy (non-hydrogen) atoms. The maximum atomic E-state index is 12.8. The molecule has 1 aliphatic rings. The van der Waals surface area contributed by atoms with Gasteiger partial charge in [0.25, 0.3) is 5.91 Å². The summed E-state index contributed by atoms with van der Waals surface area (Å²) >= 11 is 0. The van der Waals surface area contributed by atoms with Crippen LogP contribution in [0, 0.1) is 11.3 Å². The van der Waals surface area contributed by atoms with Crippen molar-refractivity contribution in [3.63, 3.8) is 0 Å². The van der Waals surface area contributed by atoms with Crippen molar-refractivity contribution < 1.29 is 14.6 Å². The largest absolute Gasteiger partial charge is 0.506 e. The highest BCUT2D eigenvalue weighted by Crippen LogP contribution is 2.24. The molecule has 0 spiro atoms. The topological polar surface area (TPSA) is 86.5 Å². The van der Waals surface area contributed by atoms with Gasteiger partial charge in [-0.15, -0.1) is 0 Å². The Balaban J connectivity index is 1.40. The average molecular weight is 373 g/mol. The number of hydrogen-bond acceptors (Lipinski definition) is 5. The third-order valence-corrected chi connectivity index (χ3v) is 4.93. The van der Waals surface area contributed by atoms with Gasteiger partial charge in [-0.05, 0) is 36.4 Å². The minimum atomic E-state index is -0.137. The molecule has 0 saturated carbocycles. The highest BCUT2D eigenvalue weighted by molar-refractivity contribution is 5.96. The van der Waals surface area contributed by atoms with Gasteiger partial charge < -0.3 is 14.7 Å². The van der Waals surface area contributed by atoms with Gasteiger partial charge in [0.05, 0.1) is 11.6 Å². The van der Waals surface area contributed by atoms with Crippen molar-refractivity contribution in [3.8, 4) is 17.6 Å². The standard InChI is InChI=1S/C22H19N3O3/c23-14-15-4-7-17(8-5-15)28-18-10-12-25(13-11-18)22(27)19-9-6-16-2-1-3-20(26)21(16)24-19/h1-9,18,26H,10-13H2. The quantitative estimate of drug-likeness (QED) is 0.759. The van der Waals surface area contributed by atoms with E-state index < -0.39 is 0 Å². The SMILES string of the molecule is N#Cc1ccc(OC2CCN(C(=O)c3ccc4cccc(O)c4n3)CC2)cc1. The van der Waals surface area contributed by atoms with Crippen LogP contribution in [0.4, 0.5) is 0 Å². The first-order valence-electron chi connectivity index (χ1n) is 9.19. The second kappa shape index (κ2) is 7.57. The van der Waals surface area contributed by atoms with Crippen LogP contribution in [0.1, 0.15) is 28.9 Å². The van der Waals surface area contributed by atoms with E-state index in [1.807, 2.05) is 6.07 Å². The van der Waals surface area contributed by atoms with Crippen molar-refractivity contribution in [2.24, 2.45) is 0 Å². The molecule has 0 radical (unpaired) electrons. The Bertz CT molecular complexity index is 1050. The number of phenolic OH excluding ortho intramolecular Hbond substituents is 1. The lowest BCUT2D eigenvalue weighted by Gasteiger charge is -2.32. The number of carbonyl (C=O) groups excluding carboxylic acids is 1. The number of pyridine rings is 1. The molecule has 6 heteroatoms. The van der Waals surface area contributed by atoms with E-state index in [0.29, 0.717) is 29.9 Å². The summed E-state index contributed by atoms with van der Waals surface area (Å²) in [5, 5.41) is 19.6. The Kier molecular flexibility index (Phi) is 4.81. The molecular weight excluding hydrogens is 354 g/mol. The number of likely N-dealkylation sites (tertiary alicyclic amines) is 1. The average Bonchev–Trinajstić information content (AvgIpc) is 2.74. The summed E-state index contributed by atoms with van der Waals surface area (Å²) < 4.78 is 5.97. The first kappa shape index (κ1) is 17.8. The Labute approximate surface area is 162 Å². The first-order valence-corrected chi connectivity index (χ1v) is 9.19. The van der Waals surface area contributed by atoms with E-state index in [-0.39, 0.29) is 17.8 Å². The summed E-state index contributed by atoms with van der Waals surface area (Å²) in [5.41, 5.74) is 1.37. The Morgan fingerprint density at radius 2 is 1.86 bits per heavy atom. The zero-order chi connectivity index (χ0) is 19.5. The Morgan fingerprint density at radius 1 is 1.11 bits per heavy atom. The van der Waals surface area contributed by atoms with E-state index >= 15 is 0 Å². The lowest BCUT2D eigenvalue weighted by molar-refractivity contribution is 0.0590. The summed E-state index contributed by atoms with van der Waals surface area (Å²) in [6.45, 7) is 1.17. The molecule has 6 nitrogen and oxygen atoms in total. The van der Waals surface area contributed by atoms with Gasteiger partial charge in [0.15, 0.2) is 0 Å². The van der Waals surface area contributed by atoms with Crippen molar-refractivity contribution in [3.05, 3.63) is 65.9 Å². The van der Waals surface area contributed by atoms with Crippen LogP contribution < -0.4 is 4.74 Å². The lowest BCUT2D eigenvalue weighted by Crippen LogP contribution is -2.42. The van der Waals surface area contributed by atoms with Gasteiger partial charge >= 0.3 is 0 Å². The van der Waals surface area contributed by atoms with E-state index in [0.717, 1.165) is 24.0 Å². The summed E-state index contributed by atoms with van der Waals surface area (Å²) in [7, 11) is 0. The van der Waals surface area contributed by atoms with Gasteiger partial charge in [-0.1, -0.05) is 18.2 Å². The fourth-order valence-electron chi connectivity index (χ4n) is 3.39. The van der Waals surface area contributed by atoms with E-state index in [9.17, 15) is 9.90 Å². The number of rotatable bonds is 3. The van der Waals surface area contributed by atoms with Gasteiger partial charge in [0, 0.05) is 31.3 Å². The molecule has 3 aromatic rings. The number of hydrogen-bond donors (Lipinski definition) is 1. The van der Waals surface area contributed by atoms with Gasteiger partial charge in [0.1, 0.15) is 28.8 Å². The summed E-state index contributed by atoms with van der Waals surface area (Å²) in [6.07, 6.45) is 1.49. The van der Waals surface area contributed by atoms with Crippen LogP contribution in [-0.4, -0.2) is 40.1 Å². The number of benzene rings is 2. The number of nitrogens with zero attached hydrogens (tertiary/aromatic N) is 3. The van der Waals surface area contributed by atoms with Crippen LogP contribution in [0.3, 0.4) is 0 Å². The third-order valence-electron chi connectivity index (χ3n) is 4.93. The highest BCUT2D eigenvalue weighted by Gasteiger charge is 2.25. The number of aromatic nitrogens is 1. The fourth-order valence-corrected chi connectivity index (χ4v) is 3.39. The Morgan fingerprint density at radius 3 is 2.57 bits per heavy atom. The minimum Gasteiger partial charge on any atom is -0.506 e. The van der Waals surface area contributed by atoms with Gasteiger partial charge in [-0.25, -0.2) is 4.98 Å². The van der Waals surface area contributed by atoms with Crippen LogP contribution in [0.25, 0.3) is 10.9 Å². The van der Waals surface area contributed by atoms with E-state index in [1.165, 1.54) is 0 Å². The van der Waals surface area contributed by atoms with Gasteiger partial charge in [-0.2, -0.15) is 5.26 Å². The minimum absolute atomic E-state index is 0.0330. The molecule has 2 aromatic carbocycles. The number of ether oxygens (including phenoxy) is 1. The number of phenols is 1. The van der Waals surface area contributed by atoms with Crippen LogP contribution in [0.15, 0.2) is 54.6 Å². The molecule has 1 saturated heterocycles. The molecule has 0 bridgehead atoms. The first-order chi connectivity index (χ1) is 13.6. The predicted molar refractivity (Wildman–Crippen MR) is 104 cm³/mol. The number of fused-ring (bicyclic) bond motifs is 1. The normalized spacial score (nSPS) is 14.6. The van der Waals surface area contributed by atoms with Gasteiger partial charge in [-0.3, -0.25) is 4.79 Å². The number of carbonyl (C=O) groups is 1. The number of amides is 1. The molecule has 1 aliphatic heterocycles. The maximum Gasteiger partial charge on any atom is 0.272 e. The highest BCUT2D eigenvalue weighted by atomic mass is 16.5. The zero-order valence-corrected chi connectivity index (χ0v) is 15.2.